The van der Waals surface area contributed by atoms with E-state index >= 15 is 0 Å². The molecule has 0 saturated carbocycles. The molecule has 0 spiro atoms. The highest BCUT2D eigenvalue weighted by atomic mass is 16.2. The van der Waals surface area contributed by atoms with Crippen molar-refractivity contribution in [1.82, 2.24) is 34.4 Å². The fourth-order valence-corrected chi connectivity index (χ4v) is 3.25. The fourth-order valence-electron chi connectivity index (χ4n) is 3.25. The summed E-state index contributed by atoms with van der Waals surface area (Å²) in [6.45, 7) is 10.3. The summed E-state index contributed by atoms with van der Waals surface area (Å²) >= 11 is 0. The maximum Gasteiger partial charge on any atom is 0.278 e. The Balaban J connectivity index is 0.000000199. The highest BCUT2D eigenvalue weighted by Gasteiger charge is 2.16. The second-order valence-electron chi connectivity index (χ2n) is 7.36. The first-order valence-electron chi connectivity index (χ1n) is 10.1. The minimum absolute atomic E-state index is 0.183. The summed E-state index contributed by atoms with van der Waals surface area (Å²) in [5, 5.41) is 0. The van der Waals surface area contributed by atoms with Gasteiger partial charge < -0.3 is 14.5 Å². The zero-order chi connectivity index (χ0) is 21.7. The van der Waals surface area contributed by atoms with E-state index in [4.69, 9.17) is 0 Å². The topological polar surface area (TPSA) is 110 Å². The monoisotopic (exact) mass is 409 g/mol. The lowest BCUT2D eigenvalue weighted by molar-refractivity contribution is -0.125. The average molecular weight is 409 g/mol. The highest BCUT2D eigenvalue weighted by molar-refractivity contribution is 5.88. The van der Waals surface area contributed by atoms with Crippen molar-refractivity contribution in [2.75, 3.05) is 13.1 Å². The first-order valence-corrected chi connectivity index (χ1v) is 10.1. The maximum absolute atomic E-state index is 11.7. The van der Waals surface area contributed by atoms with Gasteiger partial charge in [0.15, 0.2) is 11.2 Å². The van der Waals surface area contributed by atoms with Crippen molar-refractivity contribution in [3.8, 4) is 11.4 Å². The van der Waals surface area contributed by atoms with Gasteiger partial charge in [0, 0.05) is 38.1 Å². The van der Waals surface area contributed by atoms with Gasteiger partial charge in [0.25, 0.3) is 5.56 Å². The minimum Gasteiger partial charge on any atom is -0.339 e. The van der Waals surface area contributed by atoms with Crippen LogP contribution < -0.4 is 5.56 Å². The largest absolute Gasteiger partial charge is 0.339 e. The number of nitrogens with one attached hydrogen (secondary N) is 1. The smallest absolute Gasteiger partial charge is 0.278 e. The van der Waals surface area contributed by atoms with Gasteiger partial charge in [0.1, 0.15) is 11.6 Å². The Morgan fingerprint density at radius 1 is 1.17 bits per heavy atom. The third-order valence-corrected chi connectivity index (χ3v) is 4.72. The number of nitrogens with zero attached hydrogens (tertiary/aromatic N) is 6. The standard InChI is InChI=1S/C12H12N6O.C9H15NO/c1-3-18-10(8-4-13-7(2)14-5-8)17-9-11(18)15-6-16-12(9)19;1-8(2)7-9(11)10-5-3-4-6-10/h4-6H,3H2,1-2H3,(H,15,16,19);7H,3-6H2,1-2H3. The number of rotatable bonds is 3. The summed E-state index contributed by atoms with van der Waals surface area (Å²) in [5.41, 5.74) is 2.51. The van der Waals surface area contributed by atoms with E-state index in [0.29, 0.717) is 29.4 Å². The number of allylic oxidation sites excluding steroid dienone is 1. The molecule has 1 saturated heterocycles. The lowest BCUT2D eigenvalue weighted by Crippen LogP contribution is -2.25. The molecule has 1 N–H and O–H groups in total. The second-order valence-corrected chi connectivity index (χ2v) is 7.36. The van der Waals surface area contributed by atoms with E-state index in [9.17, 15) is 9.59 Å². The highest BCUT2D eigenvalue weighted by Crippen LogP contribution is 2.20. The van der Waals surface area contributed by atoms with Gasteiger partial charge in [-0.05, 0) is 40.5 Å². The Labute approximate surface area is 174 Å². The van der Waals surface area contributed by atoms with Crippen molar-refractivity contribution in [3.05, 3.63) is 46.5 Å². The summed E-state index contributed by atoms with van der Waals surface area (Å²) < 4.78 is 1.87. The molecular formula is C21H27N7O2. The van der Waals surface area contributed by atoms with E-state index in [-0.39, 0.29) is 11.5 Å². The third kappa shape index (κ3) is 4.79. The van der Waals surface area contributed by atoms with Crippen molar-refractivity contribution in [1.29, 1.82) is 0 Å². The van der Waals surface area contributed by atoms with Crippen LogP contribution in [0.1, 0.15) is 39.4 Å². The Hall–Kier alpha value is -3.36. The second kappa shape index (κ2) is 9.43. The van der Waals surface area contributed by atoms with E-state index in [1.165, 1.54) is 19.2 Å². The summed E-state index contributed by atoms with van der Waals surface area (Å²) in [5.74, 6) is 1.53. The van der Waals surface area contributed by atoms with Gasteiger partial charge in [-0.3, -0.25) is 9.59 Å². The minimum atomic E-state index is -0.244. The summed E-state index contributed by atoms with van der Waals surface area (Å²) in [4.78, 5) is 44.3. The zero-order valence-corrected chi connectivity index (χ0v) is 17.8. The molecule has 1 amide bonds. The van der Waals surface area contributed by atoms with E-state index in [1.807, 2.05) is 37.2 Å². The number of hydrogen-bond acceptors (Lipinski definition) is 6. The number of aromatic nitrogens is 6. The number of imidazole rings is 1. The molecule has 158 valence electrons. The van der Waals surface area contributed by atoms with Gasteiger partial charge in [-0.15, -0.1) is 0 Å². The number of amides is 1. The van der Waals surface area contributed by atoms with E-state index in [2.05, 4.69) is 24.9 Å². The number of hydrogen-bond donors (Lipinski definition) is 1. The van der Waals surface area contributed by atoms with Gasteiger partial charge in [0.05, 0.1) is 11.9 Å². The number of aromatic amines is 1. The molecule has 0 unspecified atom stereocenters. The molecule has 0 radical (unpaired) electrons. The molecule has 3 aromatic heterocycles. The van der Waals surface area contributed by atoms with Crippen LogP contribution in [0.15, 0.2) is 35.2 Å². The van der Waals surface area contributed by atoms with Crippen LogP contribution in [0.25, 0.3) is 22.6 Å². The molecule has 1 fully saturated rings. The lowest BCUT2D eigenvalue weighted by atomic mass is 10.3. The van der Waals surface area contributed by atoms with E-state index in [0.717, 1.165) is 24.2 Å². The van der Waals surface area contributed by atoms with Crippen LogP contribution in [0.5, 0.6) is 0 Å². The summed E-state index contributed by atoms with van der Waals surface area (Å²) in [6.07, 6.45) is 8.83. The van der Waals surface area contributed by atoms with E-state index in [1.54, 1.807) is 18.5 Å². The Kier molecular flexibility index (Phi) is 6.71. The number of fused-ring (bicyclic) bond motifs is 1. The Bertz CT molecular complexity index is 1100. The first kappa shape index (κ1) is 21.4. The predicted molar refractivity (Wildman–Crippen MR) is 115 cm³/mol. The van der Waals surface area contributed by atoms with Crippen LogP contribution in [-0.4, -0.2) is 53.4 Å². The van der Waals surface area contributed by atoms with Crippen LogP contribution in [-0.2, 0) is 11.3 Å². The third-order valence-electron chi connectivity index (χ3n) is 4.72. The molecule has 9 heteroatoms. The van der Waals surface area contributed by atoms with Crippen LogP contribution in [0.4, 0.5) is 0 Å². The maximum atomic E-state index is 11.7. The first-order chi connectivity index (χ1) is 14.4. The summed E-state index contributed by atoms with van der Waals surface area (Å²) in [7, 11) is 0. The van der Waals surface area contributed by atoms with Crippen molar-refractivity contribution in [2.45, 2.75) is 47.1 Å². The quantitative estimate of drug-likeness (QED) is 0.666. The molecule has 9 nitrogen and oxygen atoms in total. The van der Waals surface area contributed by atoms with Crippen molar-refractivity contribution in [2.24, 2.45) is 0 Å². The molecule has 0 aromatic carbocycles. The van der Waals surface area contributed by atoms with Crippen LogP contribution in [0.2, 0.25) is 0 Å². The molecule has 1 aliphatic heterocycles. The number of carbonyl (C=O) groups excluding carboxylic acids is 1. The number of H-pyrrole nitrogens is 1. The molecule has 0 bridgehead atoms. The van der Waals surface area contributed by atoms with Crippen molar-refractivity contribution in [3.63, 3.8) is 0 Å². The predicted octanol–water partition coefficient (Wildman–Crippen LogP) is 2.48. The van der Waals surface area contributed by atoms with Crippen LogP contribution >= 0.6 is 0 Å². The fraction of sp³-hybridized carbons (Fsp3) is 0.429. The van der Waals surface area contributed by atoms with Crippen molar-refractivity contribution >= 4 is 17.1 Å². The molecule has 30 heavy (non-hydrogen) atoms. The molecule has 4 heterocycles. The lowest BCUT2D eigenvalue weighted by Gasteiger charge is -2.11. The van der Waals surface area contributed by atoms with E-state index < -0.39 is 0 Å². The molecular weight excluding hydrogens is 382 g/mol. The van der Waals surface area contributed by atoms with Crippen molar-refractivity contribution < 1.29 is 4.79 Å². The van der Waals surface area contributed by atoms with Gasteiger partial charge in [-0.25, -0.2) is 19.9 Å². The van der Waals surface area contributed by atoms with Crippen LogP contribution in [0.3, 0.4) is 0 Å². The average Bonchev–Trinajstić information content (AvgIpc) is 3.37. The number of likely N-dealkylation sites (tertiary alicyclic amines) is 1. The summed E-state index contributed by atoms with van der Waals surface area (Å²) in [6, 6.07) is 0. The molecule has 4 rings (SSSR count). The Morgan fingerprint density at radius 3 is 2.43 bits per heavy atom. The Morgan fingerprint density at radius 2 is 1.83 bits per heavy atom. The molecule has 1 aliphatic rings. The normalized spacial score (nSPS) is 13.1. The zero-order valence-electron chi connectivity index (χ0n) is 17.8. The van der Waals surface area contributed by atoms with Gasteiger partial charge in [-0.2, -0.15) is 0 Å². The molecule has 3 aromatic rings. The van der Waals surface area contributed by atoms with Gasteiger partial charge in [-0.1, -0.05) is 5.57 Å². The molecule has 0 aliphatic carbocycles. The number of carbonyl (C=O) groups is 1. The molecule has 0 atom stereocenters. The number of aryl methyl sites for hydroxylation is 2. The van der Waals surface area contributed by atoms with Gasteiger partial charge in [0.2, 0.25) is 5.91 Å². The van der Waals surface area contributed by atoms with Gasteiger partial charge >= 0.3 is 0 Å². The SMILES string of the molecule is CC(C)=CC(=O)N1CCCC1.CCn1c(-c2cnc(C)nc2)nc2c(=O)[nH]cnc21. The van der Waals surface area contributed by atoms with Crippen LogP contribution in [0, 0.1) is 6.92 Å².